The third-order valence-electron chi connectivity index (χ3n) is 6.09. The molecule has 3 N–H and O–H groups in total. The van der Waals surface area contributed by atoms with E-state index in [-0.39, 0.29) is 35.0 Å². The molecule has 1 aliphatic heterocycles. The Hall–Kier alpha value is -3.63. The third-order valence-corrected chi connectivity index (χ3v) is 6.09. The van der Waals surface area contributed by atoms with Crippen LogP contribution < -0.4 is 10.1 Å². The quantitative estimate of drug-likeness (QED) is 0.414. The van der Waals surface area contributed by atoms with E-state index in [4.69, 9.17) is 9.47 Å². The van der Waals surface area contributed by atoms with Gasteiger partial charge < -0.3 is 25.0 Å². The first-order chi connectivity index (χ1) is 17.4. The molecule has 1 saturated heterocycles. The van der Waals surface area contributed by atoms with Crippen LogP contribution in [0.3, 0.4) is 0 Å². The van der Waals surface area contributed by atoms with Crippen molar-refractivity contribution in [2.75, 3.05) is 46.0 Å². The Morgan fingerprint density at radius 3 is 2.50 bits per heavy atom. The fourth-order valence-corrected chi connectivity index (χ4v) is 4.13. The highest BCUT2D eigenvalue weighted by atomic mass is 16.5. The van der Waals surface area contributed by atoms with Gasteiger partial charge in [0.2, 0.25) is 5.82 Å². The molecule has 36 heavy (non-hydrogen) atoms. The Morgan fingerprint density at radius 1 is 1.11 bits per heavy atom. The number of hydrogen-bond acceptors (Lipinski definition) is 8. The van der Waals surface area contributed by atoms with Crippen LogP contribution in [0.1, 0.15) is 42.9 Å². The van der Waals surface area contributed by atoms with Crippen LogP contribution in [0.15, 0.2) is 36.4 Å². The van der Waals surface area contributed by atoms with Gasteiger partial charge >= 0.3 is 0 Å². The van der Waals surface area contributed by atoms with Crippen molar-refractivity contribution in [3.05, 3.63) is 47.8 Å². The first kappa shape index (κ1) is 25.5. The minimum absolute atomic E-state index is 0.000143. The van der Waals surface area contributed by atoms with E-state index in [0.717, 1.165) is 32.8 Å². The van der Waals surface area contributed by atoms with Gasteiger partial charge in [0.15, 0.2) is 5.82 Å². The molecule has 0 radical (unpaired) electrons. The summed E-state index contributed by atoms with van der Waals surface area (Å²) in [6, 6.07) is 10.3. The molecule has 10 heteroatoms. The number of phenolic OH excluding ortho intramolecular Hbond substituents is 2. The van der Waals surface area contributed by atoms with E-state index in [2.05, 4.69) is 20.4 Å². The molecule has 0 saturated carbocycles. The van der Waals surface area contributed by atoms with E-state index in [1.165, 1.54) is 6.07 Å². The number of ether oxygens (including phenoxy) is 2. The van der Waals surface area contributed by atoms with Crippen molar-refractivity contribution < 1.29 is 24.5 Å². The van der Waals surface area contributed by atoms with Crippen molar-refractivity contribution in [3.8, 4) is 34.3 Å². The smallest absolute Gasteiger partial charge is 0.289 e. The Labute approximate surface area is 210 Å². The molecular weight excluding hydrogens is 462 g/mol. The zero-order chi connectivity index (χ0) is 25.7. The molecule has 1 aromatic heterocycles. The zero-order valence-electron chi connectivity index (χ0n) is 20.9. The summed E-state index contributed by atoms with van der Waals surface area (Å²) in [4.78, 5) is 15.1. The molecule has 3 aromatic rings. The second-order valence-corrected chi connectivity index (χ2v) is 8.92. The molecule has 2 heterocycles. The van der Waals surface area contributed by atoms with Gasteiger partial charge in [-0.05, 0) is 48.7 Å². The van der Waals surface area contributed by atoms with Crippen LogP contribution in [0, 0.1) is 0 Å². The number of nitrogens with one attached hydrogen (secondary N) is 1. The van der Waals surface area contributed by atoms with Gasteiger partial charge in [0.05, 0.1) is 18.8 Å². The minimum Gasteiger partial charge on any atom is -0.508 e. The summed E-state index contributed by atoms with van der Waals surface area (Å²) in [6.07, 6.45) is 0. The lowest BCUT2D eigenvalue weighted by molar-refractivity contribution is 0.0322. The van der Waals surface area contributed by atoms with Gasteiger partial charge in [-0.1, -0.05) is 13.8 Å². The van der Waals surface area contributed by atoms with Gasteiger partial charge in [-0.3, -0.25) is 14.3 Å². The molecule has 1 fully saturated rings. The number of morpholine rings is 1. The van der Waals surface area contributed by atoms with Crippen LogP contribution in [-0.4, -0.2) is 81.8 Å². The van der Waals surface area contributed by atoms with Gasteiger partial charge in [0.1, 0.15) is 23.9 Å². The average molecular weight is 496 g/mol. The summed E-state index contributed by atoms with van der Waals surface area (Å²) in [5, 5.41) is 32.1. The maximum atomic E-state index is 12.8. The van der Waals surface area contributed by atoms with Gasteiger partial charge in [-0.25, -0.2) is 0 Å². The molecular formula is C26H33N5O5. The summed E-state index contributed by atoms with van der Waals surface area (Å²) in [6.45, 7) is 10.8. The molecule has 0 bridgehead atoms. The maximum Gasteiger partial charge on any atom is 0.289 e. The first-order valence-corrected chi connectivity index (χ1v) is 12.2. The van der Waals surface area contributed by atoms with E-state index in [1.54, 1.807) is 10.6 Å². The molecule has 192 valence electrons. The van der Waals surface area contributed by atoms with Crippen molar-refractivity contribution in [2.45, 2.75) is 26.7 Å². The van der Waals surface area contributed by atoms with Crippen LogP contribution >= 0.6 is 0 Å². The first-order valence-electron chi connectivity index (χ1n) is 12.2. The van der Waals surface area contributed by atoms with E-state index < -0.39 is 0 Å². The van der Waals surface area contributed by atoms with E-state index in [0.29, 0.717) is 35.7 Å². The molecule has 1 amide bonds. The number of hydrogen-bond donors (Lipinski definition) is 3. The standard InChI is InChI=1S/C26H33N5O5/c1-4-27-26(34)25-29-28-24(21-15-20(17(2)3)22(32)16-23(21)33)31(25)18-5-7-19(8-6-18)36-14-11-30-9-12-35-13-10-30/h5-8,15-17,32-33H,4,9-14H2,1-3H3,(H,27,34). The van der Waals surface area contributed by atoms with Crippen LogP contribution in [0.2, 0.25) is 0 Å². The fraction of sp³-hybridized carbons (Fsp3) is 0.423. The van der Waals surface area contributed by atoms with Crippen LogP contribution in [-0.2, 0) is 4.74 Å². The summed E-state index contributed by atoms with van der Waals surface area (Å²) < 4.78 is 12.9. The molecule has 0 unspecified atom stereocenters. The number of nitrogens with zero attached hydrogens (tertiary/aromatic N) is 4. The highest BCUT2D eigenvalue weighted by molar-refractivity contribution is 5.92. The van der Waals surface area contributed by atoms with Crippen LogP contribution in [0.25, 0.3) is 17.1 Å². The van der Waals surface area contributed by atoms with Gasteiger partial charge in [0.25, 0.3) is 5.91 Å². The second-order valence-electron chi connectivity index (χ2n) is 8.92. The second kappa shape index (κ2) is 11.4. The highest BCUT2D eigenvalue weighted by Crippen LogP contribution is 2.38. The predicted octanol–water partition coefficient (Wildman–Crippen LogP) is 2.93. The Morgan fingerprint density at radius 2 is 1.83 bits per heavy atom. The van der Waals surface area contributed by atoms with Crippen molar-refractivity contribution in [3.63, 3.8) is 0 Å². The maximum absolute atomic E-state index is 12.8. The number of rotatable bonds is 9. The topological polar surface area (TPSA) is 122 Å². The molecule has 10 nitrogen and oxygen atoms in total. The molecule has 0 atom stereocenters. The number of phenols is 2. The summed E-state index contributed by atoms with van der Waals surface area (Å²) in [5.41, 5.74) is 1.65. The Balaban J connectivity index is 1.64. The van der Waals surface area contributed by atoms with E-state index >= 15 is 0 Å². The van der Waals surface area contributed by atoms with Crippen LogP contribution in [0.5, 0.6) is 17.2 Å². The number of amides is 1. The van der Waals surface area contributed by atoms with Gasteiger partial charge in [-0.2, -0.15) is 0 Å². The third kappa shape index (κ3) is 5.60. The number of aromatic nitrogens is 3. The average Bonchev–Trinajstić information content (AvgIpc) is 3.30. The normalized spacial score (nSPS) is 14.2. The zero-order valence-corrected chi connectivity index (χ0v) is 20.9. The lowest BCUT2D eigenvalue weighted by Gasteiger charge is -2.26. The van der Waals surface area contributed by atoms with Crippen molar-refractivity contribution in [2.24, 2.45) is 0 Å². The molecule has 1 aliphatic rings. The molecule has 4 rings (SSSR count). The monoisotopic (exact) mass is 495 g/mol. The van der Waals surface area contributed by atoms with Crippen molar-refractivity contribution >= 4 is 5.91 Å². The van der Waals surface area contributed by atoms with Gasteiger partial charge in [-0.15, -0.1) is 10.2 Å². The fourth-order valence-electron chi connectivity index (χ4n) is 4.13. The SMILES string of the molecule is CCNC(=O)c1nnc(-c2cc(C(C)C)c(O)cc2O)n1-c1ccc(OCCN2CCOCC2)cc1. The number of aromatic hydroxyl groups is 2. The van der Waals surface area contributed by atoms with Crippen LogP contribution in [0.4, 0.5) is 0 Å². The van der Waals surface area contributed by atoms with Crippen molar-refractivity contribution in [1.29, 1.82) is 0 Å². The predicted molar refractivity (Wildman–Crippen MR) is 135 cm³/mol. The number of carbonyl (C=O) groups excluding carboxylic acids is 1. The van der Waals surface area contributed by atoms with Crippen molar-refractivity contribution in [1.82, 2.24) is 25.0 Å². The van der Waals surface area contributed by atoms with Gasteiger partial charge in [0, 0.05) is 37.9 Å². The highest BCUT2D eigenvalue weighted by Gasteiger charge is 2.24. The summed E-state index contributed by atoms with van der Waals surface area (Å²) in [5.74, 6) is 0.552. The lowest BCUT2D eigenvalue weighted by atomic mass is 9.98. The van der Waals surface area contributed by atoms with E-state index in [9.17, 15) is 15.0 Å². The molecule has 2 aromatic carbocycles. The lowest BCUT2D eigenvalue weighted by Crippen LogP contribution is -2.38. The largest absolute Gasteiger partial charge is 0.508 e. The summed E-state index contributed by atoms with van der Waals surface area (Å²) in [7, 11) is 0. The van der Waals surface area contributed by atoms with E-state index in [1.807, 2.05) is 45.0 Å². The Kier molecular flexibility index (Phi) is 8.07. The molecule has 0 aliphatic carbocycles. The summed E-state index contributed by atoms with van der Waals surface area (Å²) >= 11 is 0. The Bertz CT molecular complexity index is 1190. The molecule has 0 spiro atoms. The minimum atomic E-state index is -0.385. The number of carbonyl (C=O) groups is 1. The number of benzene rings is 2.